The van der Waals surface area contributed by atoms with Crippen molar-refractivity contribution in [1.29, 1.82) is 0 Å². The van der Waals surface area contributed by atoms with Gasteiger partial charge in [0, 0.05) is 5.69 Å². The minimum atomic E-state index is -0.362. The van der Waals surface area contributed by atoms with Gasteiger partial charge >= 0.3 is 6.01 Å². The molecular formula is C14H17N3O2. The van der Waals surface area contributed by atoms with E-state index in [0.717, 1.165) is 31.4 Å². The van der Waals surface area contributed by atoms with Crippen LogP contribution in [0.5, 0.6) is 0 Å². The van der Waals surface area contributed by atoms with E-state index in [1.54, 1.807) is 0 Å². The SMILES string of the molecule is OC1CCCCC1c1nnc(Nc2ccccc2)o1. The number of aliphatic hydroxyl groups is 1. The molecule has 1 fully saturated rings. The van der Waals surface area contributed by atoms with E-state index in [4.69, 9.17) is 4.42 Å². The second kappa shape index (κ2) is 5.40. The molecule has 100 valence electrons. The molecule has 2 N–H and O–H groups in total. The molecule has 0 radical (unpaired) electrons. The first-order valence-electron chi connectivity index (χ1n) is 6.66. The fraction of sp³-hybridized carbons (Fsp3) is 0.429. The van der Waals surface area contributed by atoms with Crippen molar-refractivity contribution in [2.24, 2.45) is 0 Å². The summed E-state index contributed by atoms with van der Waals surface area (Å²) in [5.41, 5.74) is 0.905. The molecule has 2 unspecified atom stereocenters. The molecule has 2 aromatic rings. The predicted octanol–water partition coefficient (Wildman–Crippen LogP) is 2.83. The molecular weight excluding hydrogens is 242 g/mol. The van der Waals surface area contributed by atoms with Crippen molar-refractivity contribution in [2.45, 2.75) is 37.7 Å². The Bertz CT molecular complexity index is 526. The third-order valence-corrected chi connectivity index (χ3v) is 3.51. The Hall–Kier alpha value is -1.88. The Labute approximate surface area is 111 Å². The van der Waals surface area contributed by atoms with Crippen LogP contribution < -0.4 is 5.32 Å². The maximum absolute atomic E-state index is 9.97. The van der Waals surface area contributed by atoms with Gasteiger partial charge in [0.15, 0.2) is 0 Å². The highest BCUT2D eigenvalue weighted by Gasteiger charge is 2.29. The molecule has 5 nitrogen and oxygen atoms in total. The minimum absolute atomic E-state index is 0.0208. The lowest BCUT2D eigenvalue weighted by atomic mass is 9.86. The monoisotopic (exact) mass is 259 g/mol. The molecule has 19 heavy (non-hydrogen) atoms. The molecule has 0 saturated heterocycles. The van der Waals surface area contributed by atoms with Gasteiger partial charge in [-0.05, 0) is 25.0 Å². The van der Waals surface area contributed by atoms with Gasteiger partial charge in [-0.2, -0.15) is 0 Å². The fourth-order valence-corrected chi connectivity index (χ4v) is 2.48. The molecule has 1 aromatic carbocycles. The molecule has 5 heteroatoms. The summed E-state index contributed by atoms with van der Waals surface area (Å²) < 4.78 is 5.60. The summed E-state index contributed by atoms with van der Waals surface area (Å²) in [6.45, 7) is 0. The maximum Gasteiger partial charge on any atom is 0.320 e. The number of nitrogens with zero attached hydrogens (tertiary/aromatic N) is 2. The van der Waals surface area contributed by atoms with Gasteiger partial charge in [0.05, 0.1) is 12.0 Å². The van der Waals surface area contributed by atoms with Crippen molar-refractivity contribution in [3.8, 4) is 0 Å². The van der Waals surface area contributed by atoms with Crippen LogP contribution in [-0.2, 0) is 0 Å². The Balaban J connectivity index is 1.72. The van der Waals surface area contributed by atoms with Gasteiger partial charge < -0.3 is 14.8 Å². The van der Waals surface area contributed by atoms with Crippen LogP contribution in [0, 0.1) is 0 Å². The zero-order valence-electron chi connectivity index (χ0n) is 10.6. The van der Waals surface area contributed by atoms with Crippen molar-refractivity contribution in [2.75, 3.05) is 5.32 Å². The number of para-hydroxylation sites is 1. The topological polar surface area (TPSA) is 71.2 Å². The number of benzene rings is 1. The van der Waals surface area contributed by atoms with E-state index in [0.29, 0.717) is 11.9 Å². The highest BCUT2D eigenvalue weighted by Crippen LogP contribution is 2.33. The summed E-state index contributed by atoms with van der Waals surface area (Å²) in [5, 5.41) is 21.1. The van der Waals surface area contributed by atoms with E-state index >= 15 is 0 Å². The van der Waals surface area contributed by atoms with Gasteiger partial charge in [0.1, 0.15) is 0 Å². The van der Waals surface area contributed by atoms with Crippen LogP contribution >= 0.6 is 0 Å². The van der Waals surface area contributed by atoms with Crippen LogP contribution in [0.4, 0.5) is 11.7 Å². The first-order valence-corrected chi connectivity index (χ1v) is 6.66. The molecule has 2 atom stereocenters. The lowest BCUT2D eigenvalue weighted by Crippen LogP contribution is -2.22. The van der Waals surface area contributed by atoms with Crippen LogP contribution in [0.25, 0.3) is 0 Å². The zero-order chi connectivity index (χ0) is 13.1. The maximum atomic E-state index is 9.97. The standard InChI is InChI=1S/C14H17N3O2/c18-12-9-5-4-8-11(12)13-16-17-14(19-13)15-10-6-2-1-3-7-10/h1-3,6-7,11-12,18H,4-5,8-9H2,(H,15,17). The lowest BCUT2D eigenvalue weighted by Gasteiger charge is -2.24. The minimum Gasteiger partial charge on any atom is -0.407 e. The first-order chi connectivity index (χ1) is 9.33. The molecule has 0 bridgehead atoms. The van der Waals surface area contributed by atoms with E-state index < -0.39 is 0 Å². The van der Waals surface area contributed by atoms with E-state index in [2.05, 4.69) is 15.5 Å². The van der Waals surface area contributed by atoms with Crippen molar-refractivity contribution < 1.29 is 9.52 Å². The fourth-order valence-electron chi connectivity index (χ4n) is 2.48. The Morgan fingerprint density at radius 3 is 2.68 bits per heavy atom. The lowest BCUT2D eigenvalue weighted by molar-refractivity contribution is 0.0944. The molecule has 1 saturated carbocycles. The summed E-state index contributed by atoms with van der Waals surface area (Å²) in [4.78, 5) is 0. The number of aliphatic hydroxyl groups excluding tert-OH is 1. The predicted molar refractivity (Wildman–Crippen MR) is 71.2 cm³/mol. The first kappa shape index (κ1) is 12.2. The average Bonchev–Trinajstić information content (AvgIpc) is 2.89. The van der Waals surface area contributed by atoms with Crippen LogP contribution in [0.15, 0.2) is 34.7 Å². The van der Waals surface area contributed by atoms with Gasteiger partial charge in [-0.15, -0.1) is 5.10 Å². The highest BCUT2D eigenvalue weighted by molar-refractivity contribution is 5.50. The van der Waals surface area contributed by atoms with Crippen LogP contribution in [0.3, 0.4) is 0 Å². The molecule has 0 amide bonds. The van der Waals surface area contributed by atoms with E-state index in [1.807, 2.05) is 30.3 Å². The van der Waals surface area contributed by atoms with Crippen molar-refractivity contribution in [3.63, 3.8) is 0 Å². The van der Waals surface area contributed by atoms with Crippen molar-refractivity contribution in [1.82, 2.24) is 10.2 Å². The van der Waals surface area contributed by atoms with Crippen LogP contribution in [0.2, 0.25) is 0 Å². The summed E-state index contributed by atoms with van der Waals surface area (Å²) in [7, 11) is 0. The Kier molecular flexibility index (Phi) is 3.46. The van der Waals surface area contributed by atoms with E-state index in [1.165, 1.54) is 0 Å². The quantitative estimate of drug-likeness (QED) is 0.886. The van der Waals surface area contributed by atoms with Gasteiger partial charge in [-0.3, -0.25) is 0 Å². The summed E-state index contributed by atoms with van der Waals surface area (Å²) in [6, 6.07) is 10.1. The van der Waals surface area contributed by atoms with Gasteiger partial charge in [-0.25, -0.2) is 0 Å². The largest absolute Gasteiger partial charge is 0.407 e. The number of hydrogen-bond acceptors (Lipinski definition) is 5. The summed E-state index contributed by atoms with van der Waals surface area (Å²) in [6.07, 6.45) is 3.54. The molecule has 1 aromatic heterocycles. The number of anilines is 2. The molecule has 1 aliphatic carbocycles. The molecule has 1 aliphatic rings. The second-order valence-corrected chi connectivity index (χ2v) is 4.89. The average molecular weight is 259 g/mol. The van der Waals surface area contributed by atoms with Crippen LogP contribution in [0.1, 0.15) is 37.5 Å². The third-order valence-electron chi connectivity index (χ3n) is 3.51. The third kappa shape index (κ3) is 2.76. The van der Waals surface area contributed by atoms with Crippen LogP contribution in [-0.4, -0.2) is 21.4 Å². The zero-order valence-corrected chi connectivity index (χ0v) is 10.6. The second-order valence-electron chi connectivity index (χ2n) is 4.89. The molecule has 1 heterocycles. The number of nitrogens with one attached hydrogen (secondary N) is 1. The Morgan fingerprint density at radius 1 is 1.11 bits per heavy atom. The smallest absolute Gasteiger partial charge is 0.320 e. The Morgan fingerprint density at radius 2 is 1.89 bits per heavy atom. The van der Waals surface area contributed by atoms with Crippen molar-refractivity contribution in [3.05, 3.63) is 36.2 Å². The highest BCUT2D eigenvalue weighted by atomic mass is 16.4. The van der Waals surface area contributed by atoms with Crippen molar-refractivity contribution >= 4 is 11.7 Å². The summed E-state index contributed by atoms with van der Waals surface area (Å²) in [5.74, 6) is 0.512. The molecule has 0 spiro atoms. The number of rotatable bonds is 3. The normalized spacial score (nSPS) is 23.2. The number of aromatic nitrogens is 2. The van der Waals surface area contributed by atoms with Gasteiger partial charge in [0.25, 0.3) is 0 Å². The number of hydrogen-bond donors (Lipinski definition) is 2. The molecule has 3 rings (SSSR count). The summed E-state index contributed by atoms with van der Waals surface area (Å²) >= 11 is 0. The van der Waals surface area contributed by atoms with E-state index in [-0.39, 0.29) is 12.0 Å². The van der Waals surface area contributed by atoms with Gasteiger partial charge in [-0.1, -0.05) is 36.1 Å². The molecule has 0 aliphatic heterocycles. The van der Waals surface area contributed by atoms with Gasteiger partial charge in [0.2, 0.25) is 5.89 Å². The van der Waals surface area contributed by atoms with E-state index in [9.17, 15) is 5.11 Å².